The fourth-order valence-corrected chi connectivity index (χ4v) is 27.5. The quantitative estimate of drug-likeness (QED) is 0.287. The summed E-state index contributed by atoms with van der Waals surface area (Å²) in [6, 6.07) is 0. The topological polar surface area (TPSA) is 18.5 Å². The molecule has 0 aliphatic rings. The highest BCUT2D eigenvalue weighted by Crippen LogP contribution is 2.37. The molecule has 0 bridgehead atoms. The maximum atomic E-state index is 6.46. The van der Waals surface area contributed by atoms with Crippen LogP contribution in [-0.2, 0) is 8.23 Å². The van der Waals surface area contributed by atoms with Crippen LogP contribution >= 0.6 is 0 Å². The second kappa shape index (κ2) is 12.5. The van der Waals surface area contributed by atoms with Crippen molar-refractivity contribution in [2.24, 2.45) is 0 Å². The van der Waals surface area contributed by atoms with Crippen LogP contribution in [0.5, 0.6) is 0 Å². The number of hydrogen-bond acceptors (Lipinski definition) is 2. The fraction of sp³-hybridized carbons (Fsp3) is 1.00. The molecule has 0 aliphatic heterocycles. The Kier molecular flexibility index (Phi) is 14.8. The van der Waals surface area contributed by atoms with E-state index in [1.807, 2.05) is 0 Å². The Morgan fingerprint density at radius 2 is 0.600 bits per heavy atom. The summed E-state index contributed by atoms with van der Waals surface area (Å²) in [7, 11) is -7.02. The van der Waals surface area contributed by atoms with Gasteiger partial charge in [-0.05, 0) is 50.4 Å². The average molecular weight is 511 g/mol. The van der Waals surface area contributed by atoms with Crippen LogP contribution < -0.4 is 0 Å². The van der Waals surface area contributed by atoms with E-state index in [0.29, 0.717) is 11.1 Å². The molecule has 0 radical (unpaired) electrons. The zero-order valence-electron chi connectivity index (χ0n) is 23.6. The molecule has 0 saturated heterocycles. The predicted molar refractivity (Wildman–Crippen MR) is 157 cm³/mol. The molecule has 0 aromatic rings. The van der Waals surface area contributed by atoms with Gasteiger partial charge in [-0.15, -0.1) is 0 Å². The van der Waals surface area contributed by atoms with Gasteiger partial charge in [0, 0.05) is 15.2 Å². The van der Waals surface area contributed by atoms with Crippen LogP contribution in [0.15, 0.2) is 0 Å². The molecular weight excluding hydrogens is 449 g/mol. The summed E-state index contributed by atoms with van der Waals surface area (Å²) in [6.07, 6.45) is 0. The summed E-state index contributed by atoms with van der Waals surface area (Å²) >= 11 is 0. The van der Waals surface area contributed by atoms with Gasteiger partial charge in [-0.2, -0.15) is 0 Å². The molecule has 0 atom stereocenters. The standard InChI is InChI=1S/C12H32O2Si3.C10H26Si2.CH4/c1-11(2)15(5,6)13-17(9,10)14-16(7,8)12(3)4;1-9(2)11(5,6)12(7,8)10(3)4;/h11-12H,1-10H3;9-10H,1-8H3;1H4. The molecule has 0 aromatic carbocycles. The summed E-state index contributed by atoms with van der Waals surface area (Å²) in [5, 5.41) is 0. The lowest BCUT2D eigenvalue weighted by Crippen LogP contribution is -2.58. The van der Waals surface area contributed by atoms with Crippen molar-refractivity contribution in [3.05, 3.63) is 0 Å². The minimum atomic E-state index is -1.98. The van der Waals surface area contributed by atoms with Gasteiger partial charge < -0.3 is 8.23 Å². The van der Waals surface area contributed by atoms with Gasteiger partial charge in [0.25, 0.3) is 0 Å². The molecule has 0 spiro atoms. The van der Waals surface area contributed by atoms with Crippen LogP contribution in [0, 0.1) is 0 Å². The van der Waals surface area contributed by atoms with E-state index in [1.54, 1.807) is 0 Å². The molecule has 0 fully saturated rings. The Bertz CT molecular complexity index is 440. The predicted octanol–water partition coefficient (Wildman–Crippen LogP) is 9.89. The van der Waals surface area contributed by atoms with Gasteiger partial charge in [0.2, 0.25) is 0 Å². The highest BCUT2D eigenvalue weighted by atomic mass is 29.3. The van der Waals surface area contributed by atoms with Crippen molar-refractivity contribution in [1.29, 1.82) is 0 Å². The van der Waals surface area contributed by atoms with Crippen molar-refractivity contribution < 1.29 is 8.23 Å². The fourth-order valence-electron chi connectivity index (χ4n) is 3.01. The normalized spacial score (nSPS) is 14.2. The largest absolute Gasteiger partial charge is 0.436 e. The summed E-state index contributed by atoms with van der Waals surface area (Å²) in [4.78, 5) is 0. The molecule has 0 aliphatic carbocycles. The first-order chi connectivity index (χ1) is 12.4. The lowest BCUT2D eigenvalue weighted by atomic mass is 10.6. The number of hydrogen-bond donors (Lipinski definition) is 0. The first kappa shape index (κ1) is 35.6. The van der Waals surface area contributed by atoms with E-state index in [1.165, 1.54) is 0 Å². The minimum Gasteiger partial charge on any atom is -0.436 e. The molecule has 0 rings (SSSR count). The Morgan fingerprint density at radius 3 is 0.733 bits per heavy atom. The smallest absolute Gasteiger partial charge is 0.311 e. The second-order valence-electron chi connectivity index (χ2n) is 12.9. The van der Waals surface area contributed by atoms with Crippen molar-refractivity contribution in [1.82, 2.24) is 0 Å². The number of rotatable bonds is 9. The molecule has 7 heteroatoms. The molecule has 0 heterocycles. The summed E-state index contributed by atoms with van der Waals surface area (Å²) < 4.78 is 12.9. The van der Waals surface area contributed by atoms with Crippen molar-refractivity contribution in [3.63, 3.8) is 0 Å². The highest BCUT2D eigenvalue weighted by molar-refractivity contribution is 7.41. The first-order valence-corrected chi connectivity index (χ1v) is 27.8. The minimum absolute atomic E-state index is 0. The Morgan fingerprint density at radius 1 is 0.400 bits per heavy atom. The molecule has 0 amide bonds. The first-order valence-electron chi connectivity index (χ1n) is 11.8. The third-order valence-electron chi connectivity index (χ3n) is 8.35. The molecule has 186 valence electrons. The van der Waals surface area contributed by atoms with Crippen LogP contribution in [-0.4, -0.2) is 40.4 Å². The van der Waals surface area contributed by atoms with Crippen LogP contribution in [0.1, 0.15) is 62.8 Å². The Labute approximate surface area is 198 Å². The van der Waals surface area contributed by atoms with Crippen LogP contribution in [0.25, 0.3) is 0 Å². The summed E-state index contributed by atoms with van der Waals surface area (Å²) in [5.41, 5.74) is 3.17. The molecular formula is C23H62O2Si5. The third-order valence-corrected chi connectivity index (χ3v) is 44.6. The van der Waals surface area contributed by atoms with Gasteiger partial charge in [0.05, 0.1) is 0 Å². The molecule has 0 N–H and O–H groups in total. The molecule has 0 saturated carbocycles. The zero-order chi connectivity index (χ0) is 24.2. The van der Waals surface area contributed by atoms with Gasteiger partial charge in [-0.1, -0.05) is 100 Å². The summed E-state index contributed by atoms with van der Waals surface area (Å²) in [6.45, 7) is 42.7. The van der Waals surface area contributed by atoms with E-state index in [9.17, 15) is 0 Å². The third kappa shape index (κ3) is 10.7. The van der Waals surface area contributed by atoms with Gasteiger partial charge in [0.1, 0.15) is 0 Å². The lowest BCUT2D eigenvalue weighted by Gasteiger charge is -2.44. The van der Waals surface area contributed by atoms with Crippen LogP contribution in [0.3, 0.4) is 0 Å². The van der Waals surface area contributed by atoms with E-state index >= 15 is 0 Å². The average Bonchev–Trinajstić information content (AvgIpc) is 2.44. The lowest BCUT2D eigenvalue weighted by molar-refractivity contribution is 0.379. The van der Waals surface area contributed by atoms with Crippen LogP contribution in [0.2, 0.25) is 87.6 Å². The maximum Gasteiger partial charge on any atom is 0.311 e. The van der Waals surface area contributed by atoms with E-state index in [0.717, 1.165) is 11.1 Å². The van der Waals surface area contributed by atoms with Gasteiger partial charge in [0.15, 0.2) is 16.6 Å². The van der Waals surface area contributed by atoms with E-state index in [2.05, 4.69) is 121 Å². The van der Waals surface area contributed by atoms with Crippen molar-refractivity contribution in [3.8, 4) is 0 Å². The van der Waals surface area contributed by atoms with Gasteiger partial charge in [-0.25, -0.2) is 0 Å². The summed E-state index contributed by atoms with van der Waals surface area (Å²) in [5.74, 6) is 0. The van der Waals surface area contributed by atoms with Crippen LogP contribution in [0.4, 0.5) is 0 Å². The van der Waals surface area contributed by atoms with E-state index < -0.39 is 40.4 Å². The molecule has 0 aromatic heterocycles. The molecule has 30 heavy (non-hydrogen) atoms. The Hall–Kier alpha value is 1.00. The molecule has 2 nitrogen and oxygen atoms in total. The second-order valence-corrected chi connectivity index (χ2v) is 43.0. The van der Waals surface area contributed by atoms with E-state index in [-0.39, 0.29) is 7.43 Å². The Balaban J connectivity index is -0.000000497. The highest BCUT2D eigenvalue weighted by Gasteiger charge is 2.44. The van der Waals surface area contributed by atoms with E-state index in [4.69, 9.17) is 8.23 Å². The maximum absolute atomic E-state index is 6.46. The SMILES string of the molecule is C.CC(C)[Si](C)(C)O[Si](C)(C)O[Si](C)(C)C(C)C.CC(C)[Si](C)(C)[Si](C)(C)C(C)C. The zero-order valence-corrected chi connectivity index (χ0v) is 28.6. The van der Waals surface area contributed by atoms with Gasteiger partial charge >= 0.3 is 8.56 Å². The monoisotopic (exact) mass is 510 g/mol. The van der Waals surface area contributed by atoms with Crippen molar-refractivity contribution in [2.45, 2.75) is 150 Å². The van der Waals surface area contributed by atoms with Gasteiger partial charge in [-0.3, -0.25) is 0 Å². The van der Waals surface area contributed by atoms with Crippen molar-refractivity contribution in [2.75, 3.05) is 0 Å². The molecule has 0 unspecified atom stereocenters. The van der Waals surface area contributed by atoms with Crippen molar-refractivity contribution >= 4 is 40.4 Å².